The number of amides is 2. The lowest BCUT2D eigenvalue weighted by Gasteiger charge is -2.27. The fraction of sp³-hybridized carbons (Fsp3) is 0.368. The summed E-state index contributed by atoms with van der Waals surface area (Å²) in [7, 11) is 4.99. The number of allylic oxidation sites excluding steroid dienone is 1. The van der Waals surface area contributed by atoms with E-state index in [0.29, 0.717) is 29.2 Å². The topological polar surface area (TPSA) is 80.3 Å². The molecule has 0 radical (unpaired) electrons. The first-order valence-corrected chi connectivity index (χ1v) is 8.63. The zero-order valence-corrected chi connectivity index (χ0v) is 15.4. The summed E-state index contributed by atoms with van der Waals surface area (Å²) in [6.45, 7) is 0.140. The van der Waals surface area contributed by atoms with Crippen molar-refractivity contribution >= 4 is 17.5 Å². The second-order valence-electron chi connectivity index (χ2n) is 6.81. The summed E-state index contributed by atoms with van der Waals surface area (Å²) in [5.74, 6) is 0.898. The van der Waals surface area contributed by atoms with Gasteiger partial charge in [0.25, 0.3) is 5.91 Å². The predicted molar refractivity (Wildman–Crippen MR) is 97.5 cm³/mol. The van der Waals surface area contributed by atoms with Gasteiger partial charge in [-0.05, 0) is 18.1 Å². The highest BCUT2D eigenvalue weighted by atomic mass is 16.7. The van der Waals surface area contributed by atoms with Crippen LogP contribution in [0.4, 0.5) is 5.69 Å². The zero-order valence-electron chi connectivity index (χ0n) is 15.4. The van der Waals surface area contributed by atoms with Crippen LogP contribution in [-0.2, 0) is 9.53 Å². The Labute approximate surface area is 157 Å². The standard InChI is InChI=1S/C19H21N3O5/c1-21(2)17(23)5-4-11-6-14-18(25-3)20-13-8-16-15(26-10-27-16)7-12(13)19(24)22(14)9-11/h4-5,7-9,14,18,20H,6,10H2,1-3H3/b5-4+/t14-,18+/m0/s1. The fourth-order valence-corrected chi connectivity index (χ4v) is 3.41. The number of fused-ring (bicyclic) bond motifs is 3. The van der Waals surface area contributed by atoms with Crippen LogP contribution in [-0.4, -0.2) is 61.9 Å². The van der Waals surface area contributed by atoms with Crippen LogP contribution in [0.3, 0.4) is 0 Å². The summed E-state index contributed by atoms with van der Waals surface area (Å²) in [5, 5.41) is 3.29. The molecule has 3 aliphatic rings. The number of nitrogens with zero attached hydrogens (tertiary/aromatic N) is 2. The molecule has 1 aromatic rings. The highest BCUT2D eigenvalue weighted by Crippen LogP contribution is 2.41. The van der Waals surface area contributed by atoms with Crippen LogP contribution in [0.5, 0.6) is 11.5 Å². The molecule has 142 valence electrons. The molecule has 3 aliphatic heterocycles. The van der Waals surface area contributed by atoms with Gasteiger partial charge in [-0.1, -0.05) is 6.08 Å². The number of anilines is 1. The minimum absolute atomic E-state index is 0.108. The summed E-state index contributed by atoms with van der Waals surface area (Å²) in [4.78, 5) is 28.1. The summed E-state index contributed by atoms with van der Waals surface area (Å²) < 4.78 is 16.4. The molecule has 1 N–H and O–H groups in total. The number of rotatable bonds is 3. The van der Waals surface area contributed by atoms with E-state index in [1.165, 1.54) is 11.0 Å². The van der Waals surface area contributed by atoms with Gasteiger partial charge in [-0.3, -0.25) is 9.59 Å². The number of hydrogen-bond donors (Lipinski definition) is 1. The number of carbonyl (C=O) groups is 2. The van der Waals surface area contributed by atoms with Crippen molar-refractivity contribution in [2.45, 2.75) is 18.7 Å². The second kappa shape index (κ2) is 6.62. The van der Waals surface area contributed by atoms with Crippen molar-refractivity contribution in [3.63, 3.8) is 0 Å². The Morgan fingerprint density at radius 1 is 1.33 bits per heavy atom. The van der Waals surface area contributed by atoms with Gasteiger partial charge < -0.3 is 29.3 Å². The van der Waals surface area contributed by atoms with Crippen LogP contribution in [0, 0.1) is 0 Å². The molecule has 3 heterocycles. The lowest BCUT2D eigenvalue weighted by atomic mass is 10.1. The highest BCUT2D eigenvalue weighted by molar-refractivity contribution is 6.02. The van der Waals surface area contributed by atoms with Gasteiger partial charge in [0, 0.05) is 39.5 Å². The molecule has 1 aromatic carbocycles. The SMILES string of the molecule is CO[C@H]1Nc2cc3c(cc2C(=O)N2C=C(/C=C/C(=O)N(C)C)C[C@@H]12)OCO3. The van der Waals surface area contributed by atoms with Crippen LogP contribution < -0.4 is 14.8 Å². The molecule has 2 amide bonds. The van der Waals surface area contributed by atoms with Gasteiger partial charge in [0.15, 0.2) is 11.5 Å². The van der Waals surface area contributed by atoms with Crippen LogP contribution in [0.1, 0.15) is 16.8 Å². The first-order valence-electron chi connectivity index (χ1n) is 8.63. The van der Waals surface area contributed by atoms with Crippen molar-refractivity contribution in [3.8, 4) is 11.5 Å². The Bertz CT molecular complexity index is 861. The van der Waals surface area contributed by atoms with Gasteiger partial charge in [-0.2, -0.15) is 0 Å². The molecule has 0 bridgehead atoms. The lowest BCUT2D eigenvalue weighted by molar-refractivity contribution is -0.123. The lowest BCUT2D eigenvalue weighted by Crippen LogP contribution is -2.43. The molecule has 0 saturated heterocycles. The molecular formula is C19H21N3O5. The van der Waals surface area contributed by atoms with Crippen LogP contribution in [0.25, 0.3) is 0 Å². The average molecular weight is 371 g/mol. The van der Waals surface area contributed by atoms with Gasteiger partial charge in [-0.25, -0.2) is 0 Å². The molecule has 0 aliphatic carbocycles. The highest BCUT2D eigenvalue weighted by Gasteiger charge is 2.40. The molecule has 0 unspecified atom stereocenters. The molecule has 0 aromatic heterocycles. The molecule has 0 fully saturated rings. The van der Waals surface area contributed by atoms with Gasteiger partial charge in [-0.15, -0.1) is 0 Å². The normalized spacial score (nSPS) is 22.9. The minimum Gasteiger partial charge on any atom is -0.454 e. The second-order valence-corrected chi connectivity index (χ2v) is 6.81. The van der Waals surface area contributed by atoms with E-state index >= 15 is 0 Å². The molecule has 2 atom stereocenters. The molecule has 4 rings (SSSR count). The fourth-order valence-electron chi connectivity index (χ4n) is 3.41. The maximum Gasteiger partial charge on any atom is 0.260 e. The van der Waals surface area contributed by atoms with Gasteiger partial charge in [0.2, 0.25) is 12.7 Å². The van der Waals surface area contributed by atoms with Gasteiger partial charge >= 0.3 is 0 Å². The predicted octanol–water partition coefficient (Wildman–Crippen LogP) is 1.56. The summed E-state index contributed by atoms with van der Waals surface area (Å²) >= 11 is 0. The Balaban J connectivity index is 1.67. The van der Waals surface area contributed by atoms with Crippen LogP contribution in [0.2, 0.25) is 0 Å². The van der Waals surface area contributed by atoms with E-state index in [1.807, 2.05) is 0 Å². The van der Waals surface area contributed by atoms with Crippen molar-refractivity contribution in [2.75, 3.05) is 33.3 Å². The number of benzene rings is 1. The van der Waals surface area contributed by atoms with Gasteiger partial charge in [0.1, 0.15) is 6.23 Å². The average Bonchev–Trinajstić information content (AvgIpc) is 3.26. The number of hydrogen-bond acceptors (Lipinski definition) is 6. The maximum absolute atomic E-state index is 13.2. The van der Waals surface area contributed by atoms with Crippen molar-refractivity contribution in [1.82, 2.24) is 9.80 Å². The van der Waals surface area contributed by atoms with Crippen LogP contribution in [0.15, 0.2) is 36.1 Å². The largest absolute Gasteiger partial charge is 0.454 e. The molecule has 8 heteroatoms. The number of methoxy groups -OCH3 is 1. The first-order chi connectivity index (χ1) is 13.0. The van der Waals surface area contributed by atoms with Crippen molar-refractivity contribution in [1.29, 1.82) is 0 Å². The number of nitrogens with one attached hydrogen (secondary N) is 1. The Morgan fingerprint density at radius 3 is 2.78 bits per heavy atom. The summed E-state index contributed by atoms with van der Waals surface area (Å²) in [5.41, 5.74) is 2.03. The van der Waals surface area contributed by atoms with E-state index in [-0.39, 0.29) is 24.6 Å². The third-order valence-corrected chi connectivity index (χ3v) is 4.87. The Kier molecular flexibility index (Phi) is 4.27. The van der Waals surface area contributed by atoms with Crippen molar-refractivity contribution < 1.29 is 23.8 Å². The van der Waals surface area contributed by atoms with Crippen molar-refractivity contribution in [3.05, 3.63) is 41.6 Å². The molecule has 0 spiro atoms. The molecular weight excluding hydrogens is 350 g/mol. The molecule has 8 nitrogen and oxygen atoms in total. The number of likely N-dealkylation sites (N-methyl/N-ethyl adjacent to an activating group) is 1. The minimum atomic E-state index is -0.401. The number of carbonyl (C=O) groups excluding carboxylic acids is 2. The molecule has 0 saturated carbocycles. The van der Waals surface area contributed by atoms with Crippen LogP contribution >= 0.6 is 0 Å². The maximum atomic E-state index is 13.2. The number of ether oxygens (including phenoxy) is 3. The monoisotopic (exact) mass is 371 g/mol. The molecule has 27 heavy (non-hydrogen) atoms. The van der Waals surface area contributed by atoms with E-state index in [0.717, 1.165) is 5.57 Å². The third kappa shape index (κ3) is 3.02. The summed E-state index contributed by atoms with van der Waals surface area (Å²) in [6.07, 6.45) is 5.21. The van der Waals surface area contributed by atoms with E-state index in [9.17, 15) is 9.59 Å². The summed E-state index contributed by atoms with van der Waals surface area (Å²) in [6, 6.07) is 3.24. The first kappa shape index (κ1) is 17.4. The zero-order chi connectivity index (χ0) is 19.1. The van der Waals surface area contributed by atoms with E-state index < -0.39 is 6.23 Å². The Hall–Kier alpha value is -3.00. The third-order valence-electron chi connectivity index (χ3n) is 4.87. The van der Waals surface area contributed by atoms with Crippen molar-refractivity contribution in [2.24, 2.45) is 0 Å². The van der Waals surface area contributed by atoms with E-state index in [4.69, 9.17) is 14.2 Å². The van der Waals surface area contributed by atoms with E-state index in [2.05, 4.69) is 5.32 Å². The van der Waals surface area contributed by atoms with E-state index in [1.54, 1.807) is 50.5 Å². The smallest absolute Gasteiger partial charge is 0.260 e. The quantitative estimate of drug-likeness (QED) is 0.813. The Morgan fingerprint density at radius 2 is 2.07 bits per heavy atom. The van der Waals surface area contributed by atoms with Gasteiger partial charge in [0.05, 0.1) is 17.3 Å².